The van der Waals surface area contributed by atoms with E-state index in [1.165, 1.54) is 6.92 Å². The van der Waals surface area contributed by atoms with Crippen LogP contribution in [0, 0.1) is 0 Å². The van der Waals surface area contributed by atoms with E-state index in [-0.39, 0.29) is 11.6 Å². The monoisotopic (exact) mass is 416 g/mol. The number of aliphatic hydroxyl groups is 1. The first kappa shape index (κ1) is 19.8. The highest BCUT2D eigenvalue weighted by atomic mass is 16.4. The van der Waals surface area contributed by atoms with Crippen LogP contribution in [0.15, 0.2) is 51.3 Å². The van der Waals surface area contributed by atoms with Crippen molar-refractivity contribution in [1.82, 2.24) is 0 Å². The van der Waals surface area contributed by atoms with Crippen molar-refractivity contribution in [3.63, 3.8) is 0 Å². The van der Waals surface area contributed by atoms with Gasteiger partial charge in [0.15, 0.2) is 11.6 Å². The summed E-state index contributed by atoms with van der Waals surface area (Å²) < 4.78 is 12.4. The summed E-state index contributed by atoms with van der Waals surface area (Å²) in [6, 6.07) is 12.8. The quantitative estimate of drug-likeness (QED) is 0.421. The summed E-state index contributed by atoms with van der Waals surface area (Å²) in [5.41, 5.74) is 1.76. The third-order valence-electron chi connectivity index (χ3n) is 6.71. The Morgan fingerprint density at radius 1 is 0.871 bits per heavy atom. The number of Topliss-reactive ketones (excluding diaryl/α,β-unsaturated/α-hetero) is 2. The van der Waals surface area contributed by atoms with Crippen LogP contribution in [0.1, 0.15) is 78.3 Å². The van der Waals surface area contributed by atoms with Crippen molar-refractivity contribution in [1.29, 1.82) is 0 Å². The van der Waals surface area contributed by atoms with Gasteiger partial charge in [-0.1, -0.05) is 0 Å². The van der Waals surface area contributed by atoms with Crippen LogP contribution in [-0.4, -0.2) is 16.7 Å². The fraction of sp³-hybridized carbons (Fsp3) is 0.308. The number of hydrogen-bond acceptors (Lipinski definition) is 5. The molecule has 0 amide bonds. The summed E-state index contributed by atoms with van der Waals surface area (Å²) in [5, 5.41) is 12.8. The van der Waals surface area contributed by atoms with Crippen LogP contribution in [0.2, 0.25) is 0 Å². The molecule has 0 bridgehead atoms. The molecule has 2 aromatic carbocycles. The van der Waals surface area contributed by atoms with Crippen LogP contribution in [0.25, 0.3) is 21.9 Å². The van der Waals surface area contributed by atoms with Gasteiger partial charge in [-0.3, -0.25) is 9.59 Å². The second kappa shape index (κ2) is 6.41. The number of ketones is 2. The zero-order chi connectivity index (χ0) is 22.1. The molecule has 0 fully saturated rings. The lowest BCUT2D eigenvalue weighted by Gasteiger charge is -2.38. The van der Waals surface area contributed by atoms with Crippen LogP contribution in [0.5, 0.6) is 0 Å². The minimum absolute atomic E-state index is 0.00412. The minimum atomic E-state index is -1.11. The maximum atomic E-state index is 12.0. The van der Waals surface area contributed by atoms with Gasteiger partial charge in [0.1, 0.15) is 28.3 Å². The van der Waals surface area contributed by atoms with E-state index in [0.717, 1.165) is 22.1 Å². The summed E-state index contributed by atoms with van der Waals surface area (Å²) in [4.78, 5) is 23.8. The summed E-state index contributed by atoms with van der Waals surface area (Å²) in [7, 11) is 0. The van der Waals surface area contributed by atoms with Crippen molar-refractivity contribution < 1.29 is 23.5 Å². The van der Waals surface area contributed by atoms with E-state index in [9.17, 15) is 14.7 Å². The SMILES string of the molecule is CC(=O)c1ccc2oc(C3(C)CCC(C)(O)c4oc5ccc(C(C)=O)cc5c43)cc2c1. The Balaban J connectivity index is 1.78. The summed E-state index contributed by atoms with van der Waals surface area (Å²) in [6.45, 7) is 6.93. The highest BCUT2D eigenvalue weighted by Crippen LogP contribution is 2.53. The fourth-order valence-electron chi connectivity index (χ4n) is 4.76. The molecular weight excluding hydrogens is 392 g/mol. The van der Waals surface area contributed by atoms with Gasteiger partial charge in [-0.25, -0.2) is 0 Å². The lowest BCUT2D eigenvalue weighted by molar-refractivity contribution is 0.00742. The van der Waals surface area contributed by atoms with E-state index in [0.29, 0.717) is 40.9 Å². The normalized spacial score (nSPS) is 23.3. The van der Waals surface area contributed by atoms with Crippen LogP contribution in [-0.2, 0) is 11.0 Å². The first-order valence-electron chi connectivity index (χ1n) is 10.5. The van der Waals surface area contributed by atoms with E-state index >= 15 is 0 Å². The molecule has 0 spiro atoms. The summed E-state index contributed by atoms with van der Waals surface area (Å²) in [5.74, 6) is 1.24. The van der Waals surface area contributed by atoms with Gasteiger partial charge in [-0.05, 0) is 83.0 Å². The second-order valence-electron chi connectivity index (χ2n) is 9.10. The zero-order valence-electron chi connectivity index (χ0n) is 18.0. The van der Waals surface area contributed by atoms with Crippen molar-refractivity contribution >= 4 is 33.5 Å². The van der Waals surface area contributed by atoms with Crippen molar-refractivity contribution in [2.24, 2.45) is 0 Å². The molecule has 1 aliphatic rings. The minimum Gasteiger partial charge on any atom is -0.460 e. The predicted molar refractivity (Wildman–Crippen MR) is 118 cm³/mol. The number of benzene rings is 2. The molecule has 2 aromatic heterocycles. The van der Waals surface area contributed by atoms with Crippen molar-refractivity contribution in [3.8, 4) is 0 Å². The largest absolute Gasteiger partial charge is 0.460 e. The number of hydrogen-bond donors (Lipinski definition) is 1. The van der Waals surface area contributed by atoms with Crippen molar-refractivity contribution in [3.05, 3.63) is 70.7 Å². The molecule has 2 atom stereocenters. The topological polar surface area (TPSA) is 80.7 Å². The Morgan fingerprint density at radius 3 is 2.19 bits per heavy atom. The van der Waals surface area contributed by atoms with Crippen LogP contribution in [0.3, 0.4) is 0 Å². The Kier molecular flexibility index (Phi) is 4.09. The predicted octanol–water partition coefficient (Wildman–Crippen LogP) is 5.89. The molecule has 31 heavy (non-hydrogen) atoms. The number of furan rings is 2. The van der Waals surface area contributed by atoms with Crippen LogP contribution in [0.4, 0.5) is 0 Å². The molecule has 0 radical (unpaired) electrons. The molecule has 158 valence electrons. The molecule has 0 saturated carbocycles. The molecule has 0 saturated heterocycles. The van der Waals surface area contributed by atoms with Gasteiger partial charge in [-0.15, -0.1) is 0 Å². The molecule has 5 rings (SSSR count). The average Bonchev–Trinajstić information content (AvgIpc) is 3.33. The number of rotatable bonds is 3. The number of carbonyl (C=O) groups excluding carboxylic acids is 2. The van der Waals surface area contributed by atoms with Gasteiger partial charge in [-0.2, -0.15) is 0 Å². The van der Waals surface area contributed by atoms with Gasteiger partial charge >= 0.3 is 0 Å². The third-order valence-corrected chi connectivity index (χ3v) is 6.71. The molecular formula is C26H24O5. The van der Waals surface area contributed by atoms with Crippen LogP contribution < -0.4 is 0 Å². The molecule has 2 unspecified atom stereocenters. The first-order chi connectivity index (χ1) is 14.6. The van der Waals surface area contributed by atoms with E-state index in [2.05, 4.69) is 6.92 Å². The molecule has 5 nitrogen and oxygen atoms in total. The summed E-state index contributed by atoms with van der Waals surface area (Å²) >= 11 is 0. The second-order valence-corrected chi connectivity index (χ2v) is 9.10. The Morgan fingerprint density at radius 2 is 1.52 bits per heavy atom. The molecule has 2 heterocycles. The molecule has 1 aliphatic carbocycles. The highest BCUT2D eigenvalue weighted by molar-refractivity contribution is 5.99. The van der Waals surface area contributed by atoms with Gasteiger partial charge in [0.05, 0.1) is 5.41 Å². The van der Waals surface area contributed by atoms with Gasteiger partial charge in [0.2, 0.25) is 0 Å². The van der Waals surface area contributed by atoms with Gasteiger partial charge < -0.3 is 13.9 Å². The highest BCUT2D eigenvalue weighted by Gasteiger charge is 2.48. The first-order valence-corrected chi connectivity index (χ1v) is 10.5. The zero-order valence-corrected chi connectivity index (χ0v) is 18.0. The molecule has 5 heteroatoms. The van der Waals surface area contributed by atoms with Crippen LogP contribution >= 0.6 is 0 Å². The summed E-state index contributed by atoms with van der Waals surface area (Å²) in [6.07, 6.45) is 1.15. The van der Waals surface area contributed by atoms with Gasteiger partial charge in [0, 0.05) is 27.5 Å². The van der Waals surface area contributed by atoms with E-state index in [1.807, 2.05) is 24.3 Å². The smallest absolute Gasteiger partial charge is 0.159 e. The molecule has 4 aromatic rings. The Hall–Kier alpha value is -3.18. The van der Waals surface area contributed by atoms with E-state index in [1.54, 1.807) is 32.0 Å². The Labute approximate surface area is 179 Å². The van der Waals surface area contributed by atoms with Crippen molar-refractivity contribution in [2.45, 2.75) is 51.6 Å². The maximum Gasteiger partial charge on any atom is 0.159 e. The molecule has 0 aliphatic heterocycles. The lowest BCUT2D eigenvalue weighted by atomic mass is 9.67. The Bertz CT molecular complexity index is 1380. The standard InChI is InChI=1S/C26H24O5/c1-14(27)16-5-7-20-18(11-16)13-22(30-20)25(3)9-10-26(4,29)24-23(25)19-12-17(15(2)28)6-8-21(19)31-24/h5-8,11-13,29H,9-10H2,1-4H3. The molecule has 1 N–H and O–H groups in total. The van der Waals surface area contributed by atoms with E-state index in [4.69, 9.17) is 8.83 Å². The van der Waals surface area contributed by atoms with Gasteiger partial charge in [0.25, 0.3) is 0 Å². The lowest BCUT2D eigenvalue weighted by Crippen LogP contribution is -2.37. The van der Waals surface area contributed by atoms with E-state index < -0.39 is 11.0 Å². The maximum absolute atomic E-state index is 12.0. The van der Waals surface area contributed by atoms with Crippen molar-refractivity contribution in [2.75, 3.05) is 0 Å². The average molecular weight is 416 g/mol. The fourth-order valence-corrected chi connectivity index (χ4v) is 4.76. The third kappa shape index (κ3) is 2.87. The number of carbonyl (C=O) groups is 2. The number of fused-ring (bicyclic) bond motifs is 4.